The van der Waals surface area contributed by atoms with Crippen LogP contribution in [0.5, 0.6) is 0 Å². The Morgan fingerprint density at radius 2 is 2.20 bits per heavy atom. The number of esters is 1. The molecule has 0 bridgehead atoms. The summed E-state index contributed by atoms with van der Waals surface area (Å²) in [4.78, 5) is 17.2. The van der Waals surface area contributed by atoms with Crippen LogP contribution in [0, 0.1) is 5.92 Å². The SMILES string of the molecule is CCOC(=O)[C@]1(NCc2nc(CC(C)C)no2)CCc2ccccc21. The van der Waals surface area contributed by atoms with Crippen molar-refractivity contribution in [3.8, 4) is 0 Å². The fraction of sp³-hybridized carbons (Fsp3) is 0.526. The van der Waals surface area contributed by atoms with E-state index in [1.807, 2.05) is 25.1 Å². The van der Waals surface area contributed by atoms with E-state index in [9.17, 15) is 4.79 Å². The van der Waals surface area contributed by atoms with E-state index in [4.69, 9.17) is 9.26 Å². The number of aromatic nitrogens is 2. The van der Waals surface area contributed by atoms with Crippen LogP contribution in [0.3, 0.4) is 0 Å². The van der Waals surface area contributed by atoms with Crippen LogP contribution >= 0.6 is 0 Å². The van der Waals surface area contributed by atoms with Gasteiger partial charge in [-0.3, -0.25) is 5.32 Å². The number of carbonyl (C=O) groups excluding carboxylic acids is 1. The lowest BCUT2D eigenvalue weighted by Crippen LogP contribution is -2.48. The number of hydrogen-bond donors (Lipinski definition) is 1. The lowest BCUT2D eigenvalue weighted by Gasteiger charge is -2.28. The summed E-state index contributed by atoms with van der Waals surface area (Å²) >= 11 is 0. The number of rotatable bonds is 7. The Balaban J connectivity index is 1.80. The molecule has 1 aromatic heterocycles. The molecule has 6 heteroatoms. The topological polar surface area (TPSA) is 77.2 Å². The second-order valence-electron chi connectivity index (χ2n) is 6.84. The first-order valence-corrected chi connectivity index (χ1v) is 8.87. The zero-order valence-electron chi connectivity index (χ0n) is 15.0. The molecule has 0 saturated carbocycles. The first kappa shape index (κ1) is 17.6. The third-order valence-electron chi connectivity index (χ3n) is 4.51. The normalized spacial score (nSPS) is 19.2. The highest BCUT2D eigenvalue weighted by molar-refractivity contribution is 5.84. The van der Waals surface area contributed by atoms with E-state index in [1.54, 1.807) is 0 Å². The smallest absolute Gasteiger partial charge is 0.331 e. The van der Waals surface area contributed by atoms with Crippen molar-refractivity contribution in [2.24, 2.45) is 5.92 Å². The van der Waals surface area contributed by atoms with Crippen molar-refractivity contribution in [3.05, 3.63) is 47.1 Å². The number of ether oxygens (including phenoxy) is 1. The zero-order valence-corrected chi connectivity index (χ0v) is 15.0. The lowest BCUT2D eigenvalue weighted by atomic mass is 9.91. The van der Waals surface area contributed by atoms with Gasteiger partial charge < -0.3 is 9.26 Å². The van der Waals surface area contributed by atoms with Gasteiger partial charge in [0.25, 0.3) is 0 Å². The molecule has 3 rings (SSSR count). The maximum absolute atomic E-state index is 12.8. The van der Waals surface area contributed by atoms with Crippen molar-refractivity contribution in [1.29, 1.82) is 0 Å². The lowest BCUT2D eigenvalue weighted by molar-refractivity contribution is -0.152. The third-order valence-corrected chi connectivity index (χ3v) is 4.51. The second kappa shape index (κ2) is 7.35. The Hall–Kier alpha value is -2.21. The number of aryl methyl sites for hydroxylation is 1. The molecule has 0 fully saturated rings. The first-order chi connectivity index (χ1) is 12.0. The maximum atomic E-state index is 12.8. The highest BCUT2D eigenvalue weighted by Crippen LogP contribution is 2.38. The van der Waals surface area contributed by atoms with E-state index in [2.05, 4.69) is 35.4 Å². The number of benzene rings is 1. The van der Waals surface area contributed by atoms with Gasteiger partial charge >= 0.3 is 5.97 Å². The minimum Gasteiger partial charge on any atom is -0.464 e. The van der Waals surface area contributed by atoms with Crippen LogP contribution in [0.1, 0.15) is 50.0 Å². The molecular weight excluding hydrogens is 318 g/mol. The first-order valence-electron chi connectivity index (χ1n) is 8.87. The minimum absolute atomic E-state index is 0.248. The van der Waals surface area contributed by atoms with Crippen LogP contribution in [0.4, 0.5) is 0 Å². The van der Waals surface area contributed by atoms with Gasteiger partial charge in [-0.25, -0.2) is 4.79 Å². The maximum Gasteiger partial charge on any atom is 0.331 e. The van der Waals surface area contributed by atoms with E-state index in [1.165, 1.54) is 5.56 Å². The summed E-state index contributed by atoms with van der Waals surface area (Å²) in [5.41, 5.74) is 1.31. The molecule has 0 aliphatic heterocycles. The van der Waals surface area contributed by atoms with E-state index in [0.717, 1.165) is 18.4 Å². The molecule has 0 amide bonds. The largest absolute Gasteiger partial charge is 0.464 e. The van der Waals surface area contributed by atoms with Crippen molar-refractivity contribution in [2.75, 3.05) is 6.61 Å². The summed E-state index contributed by atoms with van der Waals surface area (Å²) in [5.74, 6) is 1.40. The Labute approximate surface area is 148 Å². The van der Waals surface area contributed by atoms with Gasteiger partial charge in [0.05, 0.1) is 13.2 Å². The predicted molar refractivity (Wildman–Crippen MR) is 92.8 cm³/mol. The Kier molecular flexibility index (Phi) is 5.18. The molecule has 6 nitrogen and oxygen atoms in total. The van der Waals surface area contributed by atoms with E-state index in [0.29, 0.717) is 37.2 Å². The van der Waals surface area contributed by atoms with Crippen LogP contribution in [-0.2, 0) is 34.5 Å². The molecule has 1 aliphatic rings. The fourth-order valence-corrected chi connectivity index (χ4v) is 3.37. The standard InChI is InChI=1S/C19H25N3O3/c1-4-24-18(23)19(10-9-14-7-5-6-8-15(14)19)20-12-17-21-16(22-25-17)11-13(2)3/h5-8,13,20H,4,9-12H2,1-3H3/t19-/m0/s1. The number of fused-ring (bicyclic) bond motifs is 1. The van der Waals surface area contributed by atoms with Gasteiger partial charge in [0.2, 0.25) is 5.89 Å². The van der Waals surface area contributed by atoms with Crippen LogP contribution < -0.4 is 5.32 Å². The van der Waals surface area contributed by atoms with Crippen molar-refractivity contribution < 1.29 is 14.1 Å². The Morgan fingerprint density at radius 1 is 1.40 bits per heavy atom. The molecule has 1 N–H and O–H groups in total. The van der Waals surface area contributed by atoms with Crippen molar-refractivity contribution >= 4 is 5.97 Å². The van der Waals surface area contributed by atoms with Gasteiger partial charge in [-0.2, -0.15) is 4.98 Å². The molecule has 1 aromatic carbocycles. The molecule has 0 saturated heterocycles. The van der Waals surface area contributed by atoms with Crippen molar-refractivity contribution in [2.45, 2.75) is 52.1 Å². The van der Waals surface area contributed by atoms with Gasteiger partial charge in [0, 0.05) is 6.42 Å². The molecule has 0 radical (unpaired) electrons. The summed E-state index contributed by atoms with van der Waals surface area (Å²) in [5, 5.41) is 7.36. The molecule has 0 spiro atoms. The summed E-state index contributed by atoms with van der Waals surface area (Å²) in [6.07, 6.45) is 2.28. The fourth-order valence-electron chi connectivity index (χ4n) is 3.37. The quantitative estimate of drug-likeness (QED) is 0.779. The average Bonchev–Trinajstić information content (AvgIpc) is 3.18. The highest BCUT2D eigenvalue weighted by Gasteiger charge is 2.46. The average molecular weight is 343 g/mol. The Bertz CT molecular complexity index is 741. The predicted octanol–water partition coefficient (Wildman–Crippen LogP) is 2.76. The van der Waals surface area contributed by atoms with Crippen LogP contribution in [0.2, 0.25) is 0 Å². The second-order valence-corrected chi connectivity index (χ2v) is 6.84. The summed E-state index contributed by atoms with van der Waals surface area (Å²) in [6.45, 7) is 6.73. The van der Waals surface area contributed by atoms with Crippen molar-refractivity contribution in [1.82, 2.24) is 15.5 Å². The number of hydrogen-bond acceptors (Lipinski definition) is 6. The summed E-state index contributed by atoms with van der Waals surface area (Å²) in [6, 6.07) is 8.00. The van der Waals surface area contributed by atoms with Crippen molar-refractivity contribution in [3.63, 3.8) is 0 Å². The monoisotopic (exact) mass is 343 g/mol. The number of nitrogens with one attached hydrogen (secondary N) is 1. The summed E-state index contributed by atoms with van der Waals surface area (Å²) < 4.78 is 10.7. The molecule has 0 unspecified atom stereocenters. The molecule has 1 atom stereocenters. The molecule has 134 valence electrons. The highest BCUT2D eigenvalue weighted by atomic mass is 16.5. The van der Waals surface area contributed by atoms with E-state index >= 15 is 0 Å². The van der Waals surface area contributed by atoms with Crippen LogP contribution in [0.25, 0.3) is 0 Å². The van der Waals surface area contributed by atoms with E-state index < -0.39 is 5.54 Å². The Morgan fingerprint density at radius 3 is 2.96 bits per heavy atom. The minimum atomic E-state index is -0.848. The number of nitrogens with zero attached hydrogens (tertiary/aromatic N) is 2. The molecule has 1 aliphatic carbocycles. The zero-order chi connectivity index (χ0) is 17.9. The van der Waals surface area contributed by atoms with Gasteiger partial charge in [-0.15, -0.1) is 0 Å². The van der Waals surface area contributed by atoms with Gasteiger partial charge in [0.15, 0.2) is 5.82 Å². The van der Waals surface area contributed by atoms with Crippen LogP contribution in [-0.4, -0.2) is 22.7 Å². The third kappa shape index (κ3) is 3.58. The summed E-state index contributed by atoms with van der Waals surface area (Å²) in [7, 11) is 0. The molecule has 2 aromatic rings. The molecule has 25 heavy (non-hydrogen) atoms. The van der Waals surface area contributed by atoms with Gasteiger partial charge in [-0.1, -0.05) is 43.3 Å². The molecular formula is C19H25N3O3. The van der Waals surface area contributed by atoms with Gasteiger partial charge in [0.1, 0.15) is 5.54 Å². The van der Waals surface area contributed by atoms with E-state index in [-0.39, 0.29) is 5.97 Å². The molecule has 1 heterocycles. The number of carbonyl (C=O) groups is 1. The van der Waals surface area contributed by atoms with Crippen LogP contribution in [0.15, 0.2) is 28.8 Å². The van der Waals surface area contributed by atoms with Gasteiger partial charge in [-0.05, 0) is 36.8 Å².